The number of nitrogens with one attached hydrogen (secondary N) is 1. The maximum Gasteiger partial charge on any atom is 0.233 e. The first-order valence-electron chi connectivity index (χ1n) is 4.44. The van der Waals surface area contributed by atoms with Crippen molar-refractivity contribution in [1.29, 1.82) is 0 Å². The molecule has 0 spiro atoms. The minimum atomic E-state index is -3.28. The summed E-state index contributed by atoms with van der Waals surface area (Å²) in [4.78, 5) is 0. The molecule has 0 saturated heterocycles. The lowest BCUT2D eigenvalue weighted by Gasteiger charge is -2.26. The van der Waals surface area contributed by atoms with Crippen LogP contribution < -0.4 is 10.5 Å². The van der Waals surface area contributed by atoms with Gasteiger partial charge in [-0.1, -0.05) is 13.0 Å². The van der Waals surface area contributed by atoms with Crippen LogP contribution >= 0.6 is 0 Å². The van der Waals surface area contributed by atoms with Crippen LogP contribution in [0.5, 0.6) is 0 Å². The van der Waals surface area contributed by atoms with Crippen LogP contribution in [0.2, 0.25) is 0 Å². The second-order valence-electron chi connectivity index (χ2n) is 3.45. The highest BCUT2D eigenvalue weighted by Crippen LogP contribution is 2.17. The van der Waals surface area contributed by atoms with E-state index in [1.807, 2.05) is 0 Å². The average molecular weight is 204 g/mol. The van der Waals surface area contributed by atoms with Gasteiger partial charge < -0.3 is 5.73 Å². The zero-order chi connectivity index (χ0) is 9.90. The van der Waals surface area contributed by atoms with E-state index in [1.54, 1.807) is 0 Å². The Morgan fingerprint density at radius 3 is 2.69 bits per heavy atom. The van der Waals surface area contributed by atoms with Crippen LogP contribution in [0.4, 0.5) is 0 Å². The molecule has 1 fully saturated rings. The lowest BCUT2D eigenvalue weighted by Crippen LogP contribution is -2.41. The van der Waals surface area contributed by atoms with Crippen LogP contribution in [-0.4, -0.2) is 20.5 Å². The smallest absolute Gasteiger partial charge is 0.233 e. The third kappa shape index (κ3) is 3.46. The molecule has 0 unspecified atom stereocenters. The van der Waals surface area contributed by atoms with Crippen LogP contribution in [-0.2, 0) is 10.0 Å². The van der Waals surface area contributed by atoms with E-state index in [0.717, 1.165) is 31.1 Å². The van der Waals surface area contributed by atoms with Gasteiger partial charge in [0.25, 0.3) is 0 Å². The first-order chi connectivity index (χ1) is 6.03. The Kier molecular flexibility index (Phi) is 3.47. The zero-order valence-electron chi connectivity index (χ0n) is 7.57. The van der Waals surface area contributed by atoms with E-state index >= 15 is 0 Å². The highest BCUT2D eigenvalue weighted by Gasteiger charge is 2.21. The molecule has 13 heavy (non-hydrogen) atoms. The summed E-state index contributed by atoms with van der Waals surface area (Å²) in [5.74, 6) is 0. The molecule has 1 rings (SSSR count). The number of rotatable bonds is 3. The van der Waals surface area contributed by atoms with Crippen molar-refractivity contribution in [3.8, 4) is 0 Å². The molecule has 0 aromatic heterocycles. The second-order valence-corrected chi connectivity index (χ2v) is 5.11. The first-order valence-corrected chi connectivity index (χ1v) is 5.98. The van der Waals surface area contributed by atoms with Gasteiger partial charge in [-0.3, -0.25) is 0 Å². The van der Waals surface area contributed by atoms with Crippen molar-refractivity contribution in [2.24, 2.45) is 5.73 Å². The number of sulfonamides is 1. The maximum atomic E-state index is 11.1. The molecule has 2 atom stereocenters. The lowest BCUT2D eigenvalue weighted by atomic mass is 9.92. The summed E-state index contributed by atoms with van der Waals surface area (Å²) in [5, 5.41) is 0.938. The summed E-state index contributed by atoms with van der Waals surface area (Å²) in [6.07, 6.45) is 3.59. The average Bonchev–Trinajstić information content (AvgIpc) is 2.03. The fourth-order valence-electron chi connectivity index (χ4n) is 1.62. The summed E-state index contributed by atoms with van der Waals surface area (Å²) >= 11 is 0. The lowest BCUT2D eigenvalue weighted by molar-refractivity contribution is 0.372. The number of hydrogen-bond donors (Lipinski definition) is 2. The molecule has 4 nitrogen and oxygen atoms in total. The van der Waals surface area contributed by atoms with Gasteiger partial charge in [0.05, 0.1) is 0 Å². The van der Waals surface area contributed by atoms with E-state index < -0.39 is 10.0 Å². The molecule has 0 aromatic rings. The monoisotopic (exact) mass is 204 g/mol. The first kappa shape index (κ1) is 10.7. The Hall–Kier alpha value is -0.390. The van der Waals surface area contributed by atoms with E-state index in [-0.39, 0.29) is 12.1 Å². The molecule has 1 aliphatic rings. The Balaban J connectivity index is 2.49. The Morgan fingerprint density at radius 2 is 2.15 bits per heavy atom. The predicted octanol–water partition coefficient (Wildman–Crippen LogP) is 0.319. The molecular weight excluding hydrogens is 188 g/mol. The fourth-order valence-corrected chi connectivity index (χ4v) is 2.39. The zero-order valence-corrected chi connectivity index (χ0v) is 8.39. The van der Waals surface area contributed by atoms with Gasteiger partial charge in [-0.25, -0.2) is 13.1 Å². The highest BCUT2D eigenvalue weighted by molar-refractivity contribution is 7.92. The normalized spacial score (nSPS) is 29.9. The fraction of sp³-hybridized carbons (Fsp3) is 0.750. The summed E-state index contributed by atoms with van der Waals surface area (Å²) in [6.45, 7) is 3.24. The van der Waals surface area contributed by atoms with Crippen molar-refractivity contribution < 1.29 is 8.42 Å². The van der Waals surface area contributed by atoms with Crippen molar-refractivity contribution in [2.45, 2.75) is 37.8 Å². The van der Waals surface area contributed by atoms with Gasteiger partial charge in [-0.05, 0) is 19.3 Å². The quantitative estimate of drug-likeness (QED) is 0.695. The van der Waals surface area contributed by atoms with E-state index in [1.165, 1.54) is 0 Å². The van der Waals surface area contributed by atoms with E-state index in [4.69, 9.17) is 5.73 Å². The Bertz CT molecular complexity index is 274. The van der Waals surface area contributed by atoms with Crippen LogP contribution in [0.1, 0.15) is 25.7 Å². The number of hydrogen-bond acceptors (Lipinski definition) is 3. The topological polar surface area (TPSA) is 72.2 Å². The van der Waals surface area contributed by atoms with Crippen molar-refractivity contribution >= 4 is 10.0 Å². The van der Waals surface area contributed by atoms with Gasteiger partial charge in [0.1, 0.15) is 0 Å². The molecule has 3 N–H and O–H groups in total. The summed E-state index contributed by atoms with van der Waals surface area (Å²) in [6, 6.07) is 0.123. The van der Waals surface area contributed by atoms with E-state index in [0.29, 0.717) is 0 Å². The molecule has 0 amide bonds. The highest BCUT2D eigenvalue weighted by atomic mass is 32.2. The summed E-state index contributed by atoms with van der Waals surface area (Å²) in [7, 11) is -3.28. The SMILES string of the molecule is C=CS(=O)(=O)N[C@@H]1CCC[C@H](N)C1. The molecule has 0 radical (unpaired) electrons. The summed E-state index contributed by atoms with van der Waals surface area (Å²) in [5.41, 5.74) is 5.72. The molecule has 1 saturated carbocycles. The molecular formula is C8H16N2O2S. The van der Waals surface area contributed by atoms with Crippen LogP contribution in [0, 0.1) is 0 Å². The van der Waals surface area contributed by atoms with Gasteiger partial charge >= 0.3 is 0 Å². The van der Waals surface area contributed by atoms with Crippen LogP contribution in [0.3, 0.4) is 0 Å². The molecule has 5 heteroatoms. The predicted molar refractivity (Wildman–Crippen MR) is 52.5 cm³/mol. The molecule has 0 heterocycles. The number of nitrogens with two attached hydrogens (primary N) is 1. The molecule has 1 aliphatic carbocycles. The molecule has 0 aromatic carbocycles. The standard InChI is InChI=1S/C8H16N2O2S/c1-2-13(11,12)10-8-5-3-4-7(9)6-8/h2,7-8,10H,1,3-6,9H2/t7-,8+/m0/s1. The van der Waals surface area contributed by atoms with Gasteiger partial charge in [0, 0.05) is 17.5 Å². The van der Waals surface area contributed by atoms with Crippen LogP contribution in [0.25, 0.3) is 0 Å². The largest absolute Gasteiger partial charge is 0.328 e. The van der Waals surface area contributed by atoms with Crippen molar-refractivity contribution in [2.75, 3.05) is 0 Å². The van der Waals surface area contributed by atoms with Crippen molar-refractivity contribution in [3.63, 3.8) is 0 Å². The van der Waals surface area contributed by atoms with Crippen molar-refractivity contribution in [1.82, 2.24) is 4.72 Å². The van der Waals surface area contributed by atoms with Gasteiger partial charge in [0.15, 0.2) is 0 Å². The summed E-state index contributed by atoms with van der Waals surface area (Å²) < 4.78 is 24.8. The molecule has 0 aliphatic heterocycles. The molecule has 0 bridgehead atoms. The second kappa shape index (κ2) is 4.21. The van der Waals surface area contributed by atoms with Gasteiger partial charge in [-0.15, -0.1) is 0 Å². The Morgan fingerprint density at radius 1 is 1.46 bits per heavy atom. The minimum absolute atomic E-state index is 0.00764. The van der Waals surface area contributed by atoms with Crippen molar-refractivity contribution in [3.05, 3.63) is 12.0 Å². The maximum absolute atomic E-state index is 11.1. The van der Waals surface area contributed by atoms with Crippen LogP contribution in [0.15, 0.2) is 12.0 Å². The third-order valence-corrected chi connectivity index (χ3v) is 3.37. The third-order valence-electron chi connectivity index (χ3n) is 2.27. The van der Waals surface area contributed by atoms with E-state index in [9.17, 15) is 8.42 Å². The Labute approximate surface area is 79.2 Å². The minimum Gasteiger partial charge on any atom is -0.328 e. The van der Waals surface area contributed by atoms with Gasteiger partial charge in [-0.2, -0.15) is 0 Å². The van der Waals surface area contributed by atoms with Gasteiger partial charge in [0.2, 0.25) is 10.0 Å². The molecule has 76 valence electrons. The van der Waals surface area contributed by atoms with E-state index in [2.05, 4.69) is 11.3 Å².